The molecule has 7 nitrogen and oxygen atoms in total. The summed E-state index contributed by atoms with van der Waals surface area (Å²) >= 11 is 0. The van der Waals surface area contributed by atoms with Crippen LogP contribution in [-0.2, 0) is 15.9 Å². The molecular weight excluding hydrogens is 473 g/mol. The molecule has 1 aliphatic rings. The zero-order valence-electron chi connectivity index (χ0n) is 17.4. The molecule has 160 valence electrons. The first-order chi connectivity index (χ1) is 13.2. The predicted octanol–water partition coefficient (Wildman–Crippen LogP) is 2.62. The Labute approximate surface area is 185 Å². The van der Waals surface area contributed by atoms with E-state index in [-0.39, 0.29) is 29.6 Å². The van der Waals surface area contributed by atoms with Gasteiger partial charge >= 0.3 is 0 Å². The molecule has 1 heterocycles. The van der Waals surface area contributed by atoms with Gasteiger partial charge in [0.15, 0.2) is 17.5 Å². The highest BCUT2D eigenvalue weighted by Gasteiger charge is 2.32. The third-order valence-corrected chi connectivity index (χ3v) is 4.86. The van der Waals surface area contributed by atoms with E-state index in [4.69, 9.17) is 23.9 Å². The van der Waals surface area contributed by atoms with Crippen molar-refractivity contribution in [1.29, 1.82) is 0 Å². The first-order valence-electron chi connectivity index (χ1n) is 9.52. The maximum absolute atomic E-state index is 5.76. The Morgan fingerprint density at radius 1 is 1.11 bits per heavy atom. The first kappa shape index (κ1) is 24.8. The summed E-state index contributed by atoms with van der Waals surface area (Å²) < 4.78 is 21.9. The molecule has 1 aromatic carbocycles. The number of hydrogen-bond donors (Lipinski definition) is 2. The van der Waals surface area contributed by atoms with Crippen LogP contribution in [0.5, 0.6) is 11.5 Å². The van der Waals surface area contributed by atoms with E-state index < -0.39 is 0 Å². The van der Waals surface area contributed by atoms with Crippen molar-refractivity contribution in [1.82, 2.24) is 10.6 Å². The molecule has 1 saturated heterocycles. The Balaban J connectivity index is 0.00000392. The zero-order chi connectivity index (χ0) is 19.5. The van der Waals surface area contributed by atoms with Crippen molar-refractivity contribution >= 4 is 29.9 Å². The maximum Gasteiger partial charge on any atom is 0.191 e. The molecule has 0 aromatic heterocycles. The van der Waals surface area contributed by atoms with Crippen molar-refractivity contribution in [3.63, 3.8) is 0 Å². The number of aliphatic imine (C=N–C) groups is 1. The van der Waals surface area contributed by atoms with Crippen molar-refractivity contribution in [2.45, 2.75) is 31.8 Å². The van der Waals surface area contributed by atoms with Crippen molar-refractivity contribution in [2.75, 3.05) is 54.2 Å². The monoisotopic (exact) mass is 507 g/mol. The molecule has 8 heteroatoms. The van der Waals surface area contributed by atoms with Gasteiger partial charge in [0.1, 0.15) is 0 Å². The fourth-order valence-corrected chi connectivity index (χ4v) is 3.10. The quantitative estimate of drug-likeness (QED) is 0.304. The highest BCUT2D eigenvalue weighted by atomic mass is 127. The van der Waals surface area contributed by atoms with Crippen LogP contribution in [0.3, 0.4) is 0 Å². The lowest BCUT2D eigenvalue weighted by molar-refractivity contribution is -0.0828. The minimum absolute atomic E-state index is 0. The van der Waals surface area contributed by atoms with Gasteiger partial charge in [0, 0.05) is 46.3 Å². The summed E-state index contributed by atoms with van der Waals surface area (Å²) in [7, 11) is 5.06. The van der Waals surface area contributed by atoms with Gasteiger partial charge < -0.3 is 29.6 Å². The molecule has 28 heavy (non-hydrogen) atoms. The lowest BCUT2D eigenvalue weighted by Crippen LogP contribution is -2.44. The molecule has 1 aromatic rings. The number of rotatable bonds is 9. The highest BCUT2D eigenvalue weighted by molar-refractivity contribution is 14.0. The first-order valence-corrected chi connectivity index (χ1v) is 9.52. The Morgan fingerprint density at radius 3 is 2.43 bits per heavy atom. The molecule has 0 spiro atoms. The molecule has 2 rings (SSSR count). The molecule has 0 bridgehead atoms. The lowest BCUT2D eigenvalue weighted by atomic mass is 9.94. The summed E-state index contributed by atoms with van der Waals surface area (Å²) in [5.41, 5.74) is 0.957. The van der Waals surface area contributed by atoms with Gasteiger partial charge in [0.25, 0.3) is 0 Å². The smallest absolute Gasteiger partial charge is 0.191 e. The number of methoxy groups -OCH3 is 3. The number of benzene rings is 1. The summed E-state index contributed by atoms with van der Waals surface area (Å²) in [6.07, 6.45) is 2.60. The second-order valence-electron chi connectivity index (χ2n) is 6.56. The average Bonchev–Trinajstić information content (AvgIpc) is 2.72. The summed E-state index contributed by atoms with van der Waals surface area (Å²) in [4.78, 5) is 4.74. The molecule has 0 aliphatic carbocycles. The minimum Gasteiger partial charge on any atom is -0.493 e. The fraction of sp³-hybridized carbons (Fsp3) is 0.650. The topological polar surface area (TPSA) is 73.3 Å². The molecule has 0 amide bonds. The van der Waals surface area contributed by atoms with Crippen molar-refractivity contribution in [3.8, 4) is 11.5 Å². The van der Waals surface area contributed by atoms with E-state index >= 15 is 0 Å². The molecule has 2 N–H and O–H groups in total. The summed E-state index contributed by atoms with van der Waals surface area (Å²) in [6.45, 7) is 5.72. The van der Waals surface area contributed by atoms with E-state index in [2.05, 4.69) is 23.6 Å². The predicted molar refractivity (Wildman–Crippen MR) is 122 cm³/mol. The Hall–Kier alpha value is -1.26. The second kappa shape index (κ2) is 13.1. The lowest BCUT2D eigenvalue weighted by Gasteiger charge is -2.34. The number of nitrogens with one attached hydrogen (secondary N) is 2. The maximum atomic E-state index is 5.76. The highest BCUT2D eigenvalue weighted by Crippen LogP contribution is 2.27. The number of ether oxygens (including phenoxy) is 4. The molecule has 0 unspecified atom stereocenters. The van der Waals surface area contributed by atoms with E-state index in [0.29, 0.717) is 6.54 Å². The Bertz CT molecular complexity index is 607. The van der Waals surface area contributed by atoms with Crippen LogP contribution >= 0.6 is 24.0 Å². The molecule has 1 aliphatic heterocycles. The van der Waals surface area contributed by atoms with E-state index in [1.54, 1.807) is 21.3 Å². The summed E-state index contributed by atoms with van der Waals surface area (Å²) in [5.74, 6) is 2.29. The average molecular weight is 507 g/mol. The van der Waals surface area contributed by atoms with Crippen LogP contribution in [-0.4, -0.2) is 65.7 Å². The van der Waals surface area contributed by atoms with Gasteiger partial charge in [-0.25, -0.2) is 0 Å². The van der Waals surface area contributed by atoms with Crippen LogP contribution in [0.1, 0.15) is 25.3 Å². The van der Waals surface area contributed by atoms with Crippen LogP contribution in [0, 0.1) is 0 Å². The molecule has 1 fully saturated rings. The van der Waals surface area contributed by atoms with Gasteiger partial charge in [-0.15, -0.1) is 24.0 Å². The van der Waals surface area contributed by atoms with E-state index in [1.165, 1.54) is 5.56 Å². The summed E-state index contributed by atoms with van der Waals surface area (Å²) in [6, 6.07) is 5.99. The van der Waals surface area contributed by atoms with Crippen LogP contribution in [0.4, 0.5) is 0 Å². The molecule has 0 radical (unpaired) electrons. The van der Waals surface area contributed by atoms with Gasteiger partial charge in [-0.3, -0.25) is 4.99 Å². The van der Waals surface area contributed by atoms with Crippen molar-refractivity contribution in [2.24, 2.45) is 4.99 Å². The minimum atomic E-state index is -0.218. The Morgan fingerprint density at radius 2 is 1.82 bits per heavy atom. The van der Waals surface area contributed by atoms with Gasteiger partial charge in [0.05, 0.1) is 26.4 Å². The third kappa shape index (κ3) is 7.29. The van der Waals surface area contributed by atoms with Gasteiger partial charge in [0.2, 0.25) is 0 Å². The normalized spacial score (nSPS) is 16.1. The number of halogens is 1. The molecule has 0 atom stereocenters. The van der Waals surface area contributed by atoms with E-state index in [0.717, 1.165) is 63.0 Å². The zero-order valence-corrected chi connectivity index (χ0v) is 19.7. The second-order valence-corrected chi connectivity index (χ2v) is 6.56. The largest absolute Gasteiger partial charge is 0.493 e. The van der Waals surface area contributed by atoms with Crippen LogP contribution in [0.15, 0.2) is 23.2 Å². The number of hydrogen-bond acceptors (Lipinski definition) is 5. The van der Waals surface area contributed by atoms with Crippen LogP contribution in [0.25, 0.3) is 0 Å². The summed E-state index contributed by atoms with van der Waals surface area (Å²) in [5, 5.41) is 6.69. The number of guanidine groups is 1. The van der Waals surface area contributed by atoms with Crippen LogP contribution in [0.2, 0.25) is 0 Å². The van der Waals surface area contributed by atoms with Gasteiger partial charge in [-0.1, -0.05) is 6.07 Å². The Kier molecular flexibility index (Phi) is 11.6. The van der Waals surface area contributed by atoms with Gasteiger partial charge in [-0.2, -0.15) is 0 Å². The van der Waals surface area contributed by atoms with E-state index in [1.807, 2.05) is 12.1 Å². The van der Waals surface area contributed by atoms with E-state index in [9.17, 15) is 0 Å². The number of nitrogens with zero attached hydrogens (tertiary/aromatic N) is 1. The molecule has 0 saturated carbocycles. The van der Waals surface area contributed by atoms with Gasteiger partial charge in [-0.05, 0) is 31.0 Å². The van der Waals surface area contributed by atoms with Crippen molar-refractivity contribution < 1.29 is 18.9 Å². The third-order valence-electron chi connectivity index (χ3n) is 4.86. The fourth-order valence-electron chi connectivity index (χ4n) is 3.10. The van der Waals surface area contributed by atoms with Crippen molar-refractivity contribution in [3.05, 3.63) is 23.8 Å². The SMILES string of the molecule is CCNC(=NCC1(OC)CCOCC1)NCCc1ccc(OC)c(OC)c1.I. The standard InChI is InChI=1S/C20H33N3O4.HI/c1-5-21-19(23-15-20(26-4)9-12-27-13-10-20)22-11-8-16-6-7-17(24-2)18(14-16)25-3;/h6-7,14H,5,8-13,15H2,1-4H3,(H2,21,22,23);1H. The van der Waals surface area contributed by atoms with Crippen LogP contribution < -0.4 is 20.1 Å². The molecular formula is C20H34IN3O4.